The normalized spacial score (nSPS) is 11.7. The molecule has 0 saturated heterocycles. The first kappa shape index (κ1) is 13.4. The number of nitrogens with one attached hydrogen (secondary N) is 3. The van der Waals surface area contributed by atoms with Gasteiger partial charge in [-0.1, -0.05) is 0 Å². The summed E-state index contributed by atoms with van der Waals surface area (Å²) in [5.41, 5.74) is 0. The minimum atomic E-state index is -2.74. The molecule has 0 aliphatic carbocycles. The molecule has 0 aromatic rings. The van der Waals surface area contributed by atoms with Crippen molar-refractivity contribution >= 4 is 0 Å². The second-order valence-electron chi connectivity index (χ2n) is 2.63. The molecule has 0 aromatic carbocycles. The molecule has 0 aliphatic rings. The van der Waals surface area contributed by atoms with E-state index < -0.39 is 17.7 Å². The zero-order valence-electron chi connectivity index (χ0n) is 9.22. The summed E-state index contributed by atoms with van der Waals surface area (Å²) in [7, 11) is 0. The molecule has 0 bridgehead atoms. The van der Waals surface area contributed by atoms with Gasteiger partial charge in [0.1, 0.15) is 0 Å². The summed E-state index contributed by atoms with van der Waals surface area (Å²) in [6.07, 6.45) is 0. The van der Waals surface area contributed by atoms with Crippen molar-refractivity contribution in [1.82, 2.24) is 11.2 Å². The van der Waals surface area contributed by atoms with Gasteiger partial charge in [-0.25, -0.2) is 0 Å². The van der Waals surface area contributed by atoms with E-state index in [-0.39, 0.29) is 0 Å². The summed E-state index contributed by atoms with van der Waals surface area (Å²) in [6.45, 7) is 12.4. The van der Waals surface area contributed by atoms with E-state index in [4.69, 9.17) is 3.34 Å². The molecule has 4 nitrogen and oxygen atoms in total. The van der Waals surface area contributed by atoms with Gasteiger partial charge in [-0.15, -0.1) is 0 Å². The van der Waals surface area contributed by atoms with E-state index >= 15 is 0 Å². The molecular weight excluding hydrogens is 333 g/mol. The van der Waals surface area contributed by atoms with Crippen LogP contribution in [0.5, 0.6) is 0 Å². The Balaban J connectivity index is 4.48. The van der Waals surface area contributed by atoms with E-state index in [1.165, 1.54) is 0 Å². The Labute approximate surface area is 86.2 Å². The molecule has 0 fully saturated rings. The second-order valence-corrected chi connectivity index (χ2v) is 11.6. The average Bonchev–Trinajstić information content (AvgIpc) is 2.06. The number of nitrogens with zero attached hydrogens (tertiary/aromatic N) is 1. The Kier molecular flexibility index (Phi) is 8.04. The van der Waals surface area contributed by atoms with Crippen molar-refractivity contribution in [2.24, 2.45) is 3.34 Å². The molecule has 0 heterocycles. The monoisotopic (exact) mass is 356 g/mol. The molecule has 0 amide bonds. The molecule has 80 valence electrons. The van der Waals surface area contributed by atoms with E-state index in [0.717, 1.165) is 26.2 Å². The number of rotatable bonds is 7. The quantitative estimate of drug-likeness (QED) is 0.636. The first-order valence-corrected chi connectivity index (χ1v) is 11.3. The fourth-order valence-electron chi connectivity index (χ4n) is 1.22. The molecule has 0 spiro atoms. The third kappa shape index (κ3) is 5.00. The van der Waals surface area contributed by atoms with Crippen LogP contribution < -0.4 is 11.2 Å². The Morgan fingerprint density at radius 2 is 1.23 bits per heavy atom. The van der Waals surface area contributed by atoms with Gasteiger partial charge in [-0.3, -0.25) is 0 Å². The SMILES string of the molecule is CC[N]=[Ta]([NH]CC)([NH]CC)[NH]CC. The third-order valence-electron chi connectivity index (χ3n) is 1.51. The Morgan fingerprint density at radius 3 is 1.46 bits per heavy atom. The zero-order chi connectivity index (χ0) is 10.2. The van der Waals surface area contributed by atoms with Gasteiger partial charge in [0.25, 0.3) is 0 Å². The molecule has 13 heavy (non-hydrogen) atoms. The van der Waals surface area contributed by atoms with Gasteiger partial charge in [0, 0.05) is 0 Å². The predicted octanol–water partition coefficient (Wildman–Crippen LogP) is 0.917. The van der Waals surface area contributed by atoms with Crippen LogP contribution in [0.15, 0.2) is 3.34 Å². The molecular formula is C8H23N4Ta. The predicted molar refractivity (Wildman–Crippen MR) is 54.0 cm³/mol. The molecule has 3 N–H and O–H groups in total. The van der Waals surface area contributed by atoms with Crippen molar-refractivity contribution in [3.8, 4) is 0 Å². The molecule has 0 rings (SSSR count). The van der Waals surface area contributed by atoms with E-state index in [9.17, 15) is 0 Å². The molecule has 0 saturated carbocycles. The van der Waals surface area contributed by atoms with Crippen LogP contribution in [-0.2, 0) is 17.7 Å². The van der Waals surface area contributed by atoms with Crippen LogP contribution in [0.4, 0.5) is 0 Å². The Hall–Kier alpha value is 0.420. The molecule has 0 aliphatic heterocycles. The summed E-state index contributed by atoms with van der Waals surface area (Å²) in [4.78, 5) is 0. The van der Waals surface area contributed by atoms with Crippen LogP contribution >= 0.6 is 0 Å². The minimum absolute atomic E-state index is 0.894. The van der Waals surface area contributed by atoms with Crippen molar-refractivity contribution < 1.29 is 17.7 Å². The molecule has 0 aromatic heterocycles. The zero-order valence-corrected chi connectivity index (χ0v) is 12.4. The van der Waals surface area contributed by atoms with Gasteiger partial charge in [0.05, 0.1) is 0 Å². The molecule has 0 radical (unpaired) electrons. The summed E-state index contributed by atoms with van der Waals surface area (Å²) >= 11 is -2.74. The van der Waals surface area contributed by atoms with Gasteiger partial charge >= 0.3 is 86.1 Å². The van der Waals surface area contributed by atoms with E-state index in [1.807, 2.05) is 0 Å². The standard InChI is InChI=1S/3C2H6N.C2H5N.Ta/c4*1-2-3;/h3*3H,2H2,1H3;2H2,1H3;/q3*-1;;+3. The summed E-state index contributed by atoms with van der Waals surface area (Å²) in [5, 5.41) is 0. The first-order chi connectivity index (χ1) is 6.24. The van der Waals surface area contributed by atoms with Crippen molar-refractivity contribution in [3.63, 3.8) is 0 Å². The van der Waals surface area contributed by atoms with Gasteiger partial charge < -0.3 is 0 Å². The number of hydrogen-bond acceptors (Lipinski definition) is 1. The second kappa shape index (κ2) is 7.79. The average molecular weight is 356 g/mol. The van der Waals surface area contributed by atoms with E-state index in [1.54, 1.807) is 0 Å². The van der Waals surface area contributed by atoms with E-state index in [2.05, 4.69) is 38.9 Å². The van der Waals surface area contributed by atoms with E-state index in [0.29, 0.717) is 0 Å². The van der Waals surface area contributed by atoms with Crippen molar-refractivity contribution in [2.45, 2.75) is 27.7 Å². The van der Waals surface area contributed by atoms with Crippen LogP contribution in [0.3, 0.4) is 0 Å². The maximum atomic E-state index is 4.71. The first-order valence-electron chi connectivity index (χ1n) is 5.08. The number of hydrogen-bond donors (Lipinski definition) is 3. The van der Waals surface area contributed by atoms with Crippen LogP contribution in [0.1, 0.15) is 27.7 Å². The summed E-state index contributed by atoms with van der Waals surface area (Å²) < 4.78 is 15.3. The van der Waals surface area contributed by atoms with Crippen LogP contribution in [0, 0.1) is 0 Å². The van der Waals surface area contributed by atoms with Gasteiger partial charge in [-0.2, -0.15) is 0 Å². The van der Waals surface area contributed by atoms with Crippen molar-refractivity contribution in [1.29, 1.82) is 0 Å². The van der Waals surface area contributed by atoms with Crippen LogP contribution in [0.2, 0.25) is 0 Å². The van der Waals surface area contributed by atoms with Crippen LogP contribution in [0.25, 0.3) is 0 Å². The van der Waals surface area contributed by atoms with Crippen molar-refractivity contribution in [2.75, 3.05) is 26.2 Å². The Bertz CT molecular complexity index is 146. The fourth-order valence-corrected chi connectivity index (χ4v) is 9.96. The molecule has 0 unspecified atom stereocenters. The van der Waals surface area contributed by atoms with Crippen LogP contribution in [-0.4, -0.2) is 26.2 Å². The maximum absolute atomic E-state index is 4.71. The molecule has 0 atom stereocenters. The van der Waals surface area contributed by atoms with Crippen molar-refractivity contribution in [3.05, 3.63) is 0 Å². The third-order valence-corrected chi connectivity index (χ3v) is 12.4. The summed E-state index contributed by atoms with van der Waals surface area (Å²) in [6, 6.07) is 0. The van der Waals surface area contributed by atoms with Gasteiger partial charge in [0.2, 0.25) is 0 Å². The Morgan fingerprint density at radius 1 is 0.846 bits per heavy atom. The fraction of sp³-hybridized carbons (Fsp3) is 1.00. The molecule has 5 heteroatoms. The topological polar surface area (TPSA) is 48.5 Å². The summed E-state index contributed by atoms with van der Waals surface area (Å²) in [5.74, 6) is 0. The van der Waals surface area contributed by atoms with Gasteiger partial charge in [0.15, 0.2) is 0 Å². The van der Waals surface area contributed by atoms with Gasteiger partial charge in [-0.05, 0) is 0 Å².